The lowest BCUT2D eigenvalue weighted by Gasteiger charge is -2.14. The van der Waals surface area contributed by atoms with Crippen molar-refractivity contribution < 1.29 is 23.9 Å². The molecule has 1 heterocycles. The predicted octanol–water partition coefficient (Wildman–Crippen LogP) is 7.46. The second-order valence-corrected chi connectivity index (χ2v) is 10.2. The van der Waals surface area contributed by atoms with Crippen molar-refractivity contribution in [2.24, 2.45) is 0 Å². The Bertz CT molecular complexity index is 1830. The molecule has 2 amide bonds. The molecule has 6 nitrogen and oxygen atoms in total. The standard InChI is InChI=1S/C33H23NO5S/c1-38-28-17-16-21(18-29(28)39-32(36)27-15-7-11-23-9-3-5-14-26(23)27)19-30-31(35)34(33(37)40-30)20-24-12-6-10-22-8-2-4-13-25(22)24/h2-19H,20H2,1H3/b30-19-. The first-order valence-electron chi connectivity index (χ1n) is 12.6. The van der Waals surface area contributed by atoms with Crippen molar-refractivity contribution in [2.75, 3.05) is 7.11 Å². The molecule has 0 bridgehead atoms. The molecule has 0 saturated carbocycles. The van der Waals surface area contributed by atoms with Crippen molar-refractivity contribution in [2.45, 2.75) is 6.54 Å². The van der Waals surface area contributed by atoms with E-state index in [0.29, 0.717) is 21.8 Å². The molecule has 0 aliphatic carbocycles. The Kier molecular flexibility index (Phi) is 6.80. The van der Waals surface area contributed by atoms with E-state index in [2.05, 4.69) is 0 Å². The minimum Gasteiger partial charge on any atom is -0.493 e. The highest BCUT2D eigenvalue weighted by molar-refractivity contribution is 8.18. The lowest BCUT2D eigenvalue weighted by Crippen LogP contribution is -2.27. The van der Waals surface area contributed by atoms with Gasteiger partial charge in [-0.05, 0) is 68.7 Å². The monoisotopic (exact) mass is 545 g/mol. The largest absolute Gasteiger partial charge is 0.493 e. The van der Waals surface area contributed by atoms with Crippen molar-refractivity contribution >= 4 is 56.5 Å². The maximum Gasteiger partial charge on any atom is 0.344 e. The van der Waals surface area contributed by atoms with Crippen LogP contribution in [0.25, 0.3) is 27.6 Å². The van der Waals surface area contributed by atoms with Crippen LogP contribution in [-0.2, 0) is 11.3 Å². The van der Waals surface area contributed by atoms with Crippen LogP contribution in [0.1, 0.15) is 21.5 Å². The smallest absolute Gasteiger partial charge is 0.344 e. The van der Waals surface area contributed by atoms with Gasteiger partial charge in [-0.15, -0.1) is 0 Å². The van der Waals surface area contributed by atoms with Gasteiger partial charge in [0.1, 0.15) is 0 Å². The number of nitrogens with zero attached hydrogens (tertiary/aromatic N) is 1. The summed E-state index contributed by atoms with van der Waals surface area (Å²) in [6, 6.07) is 31.8. The fraction of sp³-hybridized carbons (Fsp3) is 0.0606. The van der Waals surface area contributed by atoms with E-state index in [1.165, 1.54) is 12.0 Å². The van der Waals surface area contributed by atoms with Crippen molar-refractivity contribution in [3.8, 4) is 11.5 Å². The van der Waals surface area contributed by atoms with Crippen LogP contribution in [0.3, 0.4) is 0 Å². The quantitative estimate of drug-likeness (QED) is 0.125. The van der Waals surface area contributed by atoms with Crippen molar-refractivity contribution in [1.82, 2.24) is 4.90 Å². The van der Waals surface area contributed by atoms with Crippen LogP contribution in [-0.4, -0.2) is 29.1 Å². The molecule has 1 fully saturated rings. The average molecular weight is 546 g/mol. The topological polar surface area (TPSA) is 72.9 Å². The van der Waals surface area contributed by atoms with Crippen molar-refractivity contribution in [3.63, 3.8) is 0 Å². The highest BCUT2D eigenvalue weighted by atomic mass is 32.2. The number of methoxy groups -OCH3 is 1. The molecule has 7 heteroatoms. The van der Waals surface area contributed by atoms with Crippen LogP contribution in [0.15, 0.2) is 108 Å². The summed E-state index contributed by atoms with van der Waals surface area (Å²) in [5.74, 6) is -0.310. The maximum atomic E-state index is 13.3. The van der Waals surface area contributed by atoms with Crippen molar-refractivity contribution in [3.05, 3.63) is 125 Å². The van der Waals surface area contributed by atoms with E-state index in [1.54, 1.807) is 36.4 Å². The molecule has 196 valence electrons. The first-order valence-corrected chi connectivity index (χ1v) is 13.4. The zero-order valence-corrected chi connectivity index (χ0v) is 22.3. The Morgan fingerprint density at radius 3 is 2.25 bits per heavy atom. The first kappa shape index (κ1) is 25.4. The maximum absolute atomic E-state index is 13.3. The number of esters is 1. The van der Waals surface area contributed by atoms with Gasteiger partial charge in [0, 0.05) is 0 Å². The van der Waals surface area contributed by atoms with Gasteiger partial charge in [0.15, 0.2) is 11.5 Å². The lowest BCUT2D eigenvalue weighted by atomic mass is 10.0. The third kappa shape index (κ3) is 4.83. The van der Waals surface area contributed by atoms with E-state index >= 15 is 0 Å². The number of amides is 2. The first-order chi connectivity index (χ1) is 19.5. The summed E-state index contributed by atoms with van der Waals surface area (Å²) in [7, 11) is 1.49. The molecular weight excluding hydrogens is 522 g/mol. The van der Waals surface area contributed by atoms with Crippen LogP contribution in [0, 0.1) is 0 Å². The summed E-state index contributed by atoms with van der Waals surface area (Å²) < 4.78 is 11.2. The number of hydrogen-bond donors (Lipinski definition) is 0. The molecule has 1 aliphatic rings. The molecule has 0 radical (unpaired) electrons. The molecule has 0 N–H and O–H groups in total. The van der Waals surface area contributed by atoms with Gasteiger partial charge in [-0.1, -0.05) is 84.9 Å². The molecule has 40 heavy (non-hydrogen) atoms. The molecule has 5 aromatic rings. The SMILES string of the molecule is COc1ccc(/C=C2\SC(=O)N(Cc3cccc4ccccc34)C2=O)cc1OC(=O)c1cccc2ccccc12. The second-order valence-electron chi connectivity index (χ2n) is 9.23. The number of fused-ring (bicyclic) bond motifs is 2. The summed E-state index contributed by atoms with van der Waals surface area (Å²) in [6.07, 6.45) is 1.63. The third-order valence-electron chi connectivity index (χ3n) is 6.78. The Labute approximate surface area is 234 Å². The fourth-order valence-corrected chi connectivity index (χ4v) is 5.65. The average Bonchev–Trinajstić information content (AvgIpc) is 3.24. The fourth-order valence-electron chi connectivity index (χ4n) is 4.81. The van der Waals surface area contributed by atoms with Gasteiger partial charge < -0.3 is 9.47 Å². The van der Waals surface area contributed by atoms with E-state index in [4.69, 9.17) is 9.47 Å². The Balaban J connectivity index is 1.26. The van der Waals surface area contributed by atoms with Crippen molar-refractivity contribution in [1.29, 1.82) is 0 Å². The zero-order chi connectivity index (χ0) is 27.6. The highest BCUT2D eigenvalue weighted by Gasteiger charge is 2.35. The number of ether oxygens (including phenoxy) is 2. The molecule has 0 atom stereocenters. The van der Waals surface area contributed by atoms with E-state index in [-0.39, 0.29) is 23.4 Å². The molecule has 1 aliphatic heterocycles. The van der Waals surface area contributed by atoms with Gasteiger partial charge >= 0.3 is 5.97 Å². The van der Waals surface area contributed by atoms with Crippen LogP contribution < -0.4 is 9.47 Å². The van der Waals surface area contributed by atoms with Crippen LogP contribution in [0.5, 0.6) is 11.5 Å². The number of carbonyl (C=O) groups excluding carboxylic acids is 3. The highest BCUT2D eigenvalue weighted by Crippen LogP contribution is 2.36. The third-order valence-corrected chi connectivity index (χ3v) is 7.69. The number of thioether (sulfide) groups is 1. The number of rotatable bonds is 6. The summed E-state index contributed by atoms with van der Waals surface area (Å²) in [5, 5.41) is 3.43. The van der Waals surface area contributed by atoms with Gasteiger partial charge in [0.25, 0.3) is 11.1 Å². The van der Waals surface area contributed by atoms with E-state index in [9.17, 15) is 14.4 Å². The van der Waals surface area contributed by atoms with Gasteiger partial charge in [-0.3, -0.25) is 14.5 Å². The molecule has 0 aromatic heterocycles. The van der Waals surface area contributed by atoms with Gasteiger partial charge in [-0.25, -0.2) is 4.79 Å². The van der Waals surface area contributed by atoms with E-state index < -0.39 is 5.97 Å². The summed E-state index contributed by atoms with van der Waals surface area (Å²) >= 11 is 0.889. The van der Waals surface area contributed by atoms with E-state index in [1.807, 2.05) is 72.8 Å². The van der Waals surface area contributed by atoms with Gasteiger partial charge in [-0.2, -0.15) is 0 Å². The summed E-state index contributed by atoms with van der Waals surface area (Å²) in [6.45, 7) is 0.180. The molecular formula is C33H23NO5S. The van der Waals surface area contributed by atoms with Gasteiger partial charge in [0.05, 0.1) is 24.1 Å². The number of hydrogen-bond acceptors (Lipinski definition) is 6. The Morgan fingerprint density at radius 1 is 0.800 bits per heavy atom. The van der Waals surface area contributed by atoms with Crippen LogP contribution in [0.4, 0.5) is 4.79 Å². The predicted molar refractivity (Wildman–Crippen MR) is 157 cm³/mol. The summed E-state index contributed by atoms with van der Waals surface area (Å²) in [4.78, 5) is 40.8. The van der Waals surface area contributed by atoms with Crippen LogP contribution in [0.2, 0.25) is 0 Å². The Morgan fingerprint density at radius 2 is 1.48 bits per heavy atom. The van der Waals surface area contributed by atoms with Gasteiger partial charge in [0.2, 0.25) is 0 Å². The Hall–Kier alpha value is -4.88. The number of carbonyl (C=O) groups is 3. The van der Waals surface area contributed by atoms with Crippen LogP contribution >= 0.6 is 11.8 Å². The molecule has 1 saturated heterocycles. The summed E-state index contributed by atoms with van der Waals surface area (Å²) in [5.41, 5.74) is 1.92. The molecule has 0 unspecified atom stereocenters. The minimum atomic E-state index is -0.525. The molecule has 5 aromatic carbocycles. The minimum absolute atomic E-state index is 0.180. The normalized spacial score (nSPS) is 14.3. The molecule has 6 rings (SSSR count). The number of benzene rings is 5. The second kappa shape index (κ2) is 10.7. The lowest BCUT2D eigenvalue weighted by molar-refractivity contribution is -0.123. The molecule has 0 spiro atoms. The van der Waals surface area contributed by atoms with E-state index in [0.717, 1.165) is 38.9 Å². The number of imide groups is 1. The zero-order valence-electron chi connectivity index (χ0n) is 21.5.